The zero-order valence-corrected chi connectivity index (χ0v) is 15.5. The fourth-order valence-electron chi connectivity index (χ4n) is 2.98. The number of hydrogen-bond acceptors (Lipinski definition) is 8. The Labute approximate surface area is 163 Å². The van der Waals surface area contributed by atoms with E-state index in [4.69, 9.17) is 21.0 Å². The highest BCUT2D eigenvalue weighted by Crippen LogP contribution is 2.23. The van der Waals surface area contributed by atoms with Gasteiger partial charge in [0.1, 0.15) is 28.9 Å². The van der Waals surface area contributed by atoms with E-state index in [1.807, 2.05) is 12.2 Å². The van der Waals surface area contributed by atoms with Crippen LogP contribution in [0.15, 0.2) is 52.5 Å². The van der Waals surface area contributed by atoms with Crippen LogP contribution in [-0.4, -0.2) is 59.3 Å². The van der Waals surface area contributed by atoms with Gasteiger partial charge in [0, 0.05) is 38.4 Å². The number of allylic oxidation sites excluding steroid dienone is 3. The Kier molecular flexibility index (Phi) is 6.33. The first-order valence-electron chi connectivity index (χ1n) is 9.17. The Morgan fingerprint density at radius 3 is 2.82 bits per heavy atom. The minimum absolute atomic E-state index is 0.0129. The molecule has 1 amide bonds. The van der Waals surface area contributed by atoms with Gasteiger partial charge in [0.2, 0.25) is 0 Å². The van der Waals surface area contributed by atoms with Crippen LogP contribution in [0.5, 0.6) is 0 Å². The lowest BCUT2D eigenvalue weighted by Gasteiger charge is -2.32. The molecular weight excluding hydrogens is 362 g/mol. The maximum Gasteiger partial charge on any atom is 0.299 e. The number of nitrogens with one attached hydrogen (secondary N) is 3. The van der Waals surface area contributed by atoms with Crippen LogP contribution in [0.25, 0.3) is 0 Å². The number of amides is 1. The van der Waals surface area contributed by atoms with Gasteiger partial charge in [0.15, 0.2) is 0 Å². The normalized spacial score (nSPS) is 19.2. The van der Waals surface area contributed by atoms with Crippen molar-refractivity contribution in [3.8, 4) is 0 Å². The zero-order chi connectivity index (χ0) is 19.9. The molecule has 3 aliphatic heterocycles. The molecular formula is C18H25N7O3. The predicted molar refractivity (Wildman–Crippen MR) is 104 cm³/mol. The Hall–Kier alpha value is -3.27. The van der Waals surface area contributed by atoms with Crippen LogP contribution < -0.4 is 16.5 Å². The fraction of sp³-hybridized carbons (Fsp3) is 0.389. The third kappa shape index (κ3) is 4.52. The largest absolute Gasteiger partial charge is 0.492 e. The van der Waals surface area contributed by atoms with Crippen molar-refractivity contribution in [3.05, 3.63) is 47.5 Å². The van der Waals surface area contributed by atoms with Crippen LogP contribution >= 0.6 is 0 Å². The summed E-state index contributed by atoms with van der Waals surface area (Å²) in [6, 6.07) is 0. The maximum absolute atomic E-state index is 12.6. The maximum atomic E-state index is 12.6. The van der Waals surface area contributed by atoms with Gasteiger partial charge in [-0.1, -0.05) is 0 Å². The quantitative estimate of drug-likeness (QED) is 0.168. The second-order valence-electron chi connectivity index (χ2n) is 6.38. The highest BCUT2D eigenvalue weighted by Gasteiger charge is 2.30. The minimum atomic E-state index is -0.528. The molecule has 6 N–H and O–H groups in total. The molecule has 3 heterocycles. The number of rotatable bonds is 8. The van der Waals surface area contributed by atoms with Gasteiger partial charge in [-0.05, 0) is 25.0 Å². The highest BCUT2D eigenvalue weighted by molar-refractivity contribution is 6.07. The molecule has 3 aliphatic rings. The van der Waals surface area contributed by atoms with Gasteiger partial charge in [0.05, 0.1) is 12.8 Å². The molecule has 0 aliphatic carbocycles. The molecule has 10 heteroatoms. The second-order valence-corrected chi connectivity index (χ2v) is 6.38. The second kappa shape index (κ2) is 9.09. The average Bonchev–Trinajstić information content (AvgIpc) is 3.36. The van der Waals surface area contributed by atoms with Gasteiger partial charge < -0.3 is 31.2 Å². The summed E-state index contributed by atoms with van der Waals surface area (Å²) in [6.07, 6.45) is 10.5. The summed E-state index contributed by atoms with van der Waals surface area (Å²) in [4.78, 5) is 18.7. The number of carbonyl (C=O) groups is 1. The SMILES string of the molecule is N=C/C(=C\C(N)=NC(=O)C1=CNC2=CC=C(N3CCCC3)NN21)OCCCO. The third-order valence-corrected chi connectivity index (χ3v) is 4.36. The minimum Gasteiger partial charge on any atom is -0.492 e. The Morgan fingerprint density at radius 2 is 2.11 bits per heavy atom. The molecule has 28 heavy (non-hydrogen) atoms. The molecule has 0 radical (unpaired) electrons. The number of hydrogen-bond donors (Lipinski definition) is 5. The lowest BCUT2D eigenvalue weighted by atomic mass is 10.3. The number of nitrogens with zero attached hydrogens (tertiary/aromatic N) is 3. The number of nitrogens with two attached hydrogens (primary N) is 1. The van der Waals surface area contributed by atoms with Crippen molar-refractivity contribution in [1.82, 2.24) is 20.7 Å². The number of aliphatic imine (C=N–C) groups is 1. The van der Waals surface area contributed by atoms with Gasteiger partial charge in [-0.25, -0.2) is 5.01 Å². The van der Waals surface area contributed by atoms with Gasteiger partial charge >= 0.3 is 0 Å². The summed E-state index contributed by atoms with van der Waals surface area (Å²) in [6.45, 7) is 2.19. The van der Waals surface area contributed by atoms with Crippen molar-refractivity contribution in [2.24, 2.45) is 10.7 Å². The third-order valence-electron chi connectivity index (χ3n) is 4.36. The average molecular weight is 387 g/mol. The van der Waals surface area contributed by atoms with E-state index in [1.54, 1.807) is 11.2 Å². The van der Waals surface area contributed by atoms with E-state index in [9.17, 15) is 4.79 Å². The first-order chi connectivity index (χ1) is 13.6. The number of aliphatic hydroxyl groups is 1. The van der Waals surface area contributed by atoms with E-state index in [0.717, 1.165) is 43.8 Å². The Balaban J connectivity index is 1.65. The van der Waals surface area contributed by atoms with Crippen LogP contribution in [0.2, 0.25) is 0 Å². The molecule has 0 aromatic carbocycles. The number of ether oxygens (including phenoxy) is 1. The monoisotopic (exact) mass is 387 g/mol. The van der Waals surface area contributed by atoms with Crippen LogP contribution in [0.1, 0.15) is 19.3 Å². The standard InChI is InChI=1S/C18H25N7O3/c19-11-13(28-9-3-8-26)10-15(20)22-18(27)14-12-21-16-4-5-17(23-25(14)16)24-6-1-2-7-24/h4-5,10-12,19,21,23,26H,1-3,6-9H2,(H2,20,22,27)/b13-10+,19-11?. The summed E-state index contributed by atoms with van der Waals surface area (Å²) in [5.41, 5.74) is 9.37. The molecule has 0 aromatic rings. The molecule has 0 bridgehead atoms. The first kappa shape index (κ1) is 19.5. The number of aliphatic hydroxyl groups excluding tert-OH is 1. The molecule has 0 atom stereocenters. The van der Waals surface area contributed by atoms with E-state index in [1.165, 1.54) is 6.08 Å². The van der Waals surface area contributed by atoms with E-state index in [0.29, 0.717) is 12.1 Å². The topological polar surface area (TPSA) is 139 Å². The first-order valence-corrected chi connectivity index (χ1v) is 9.17. The number of likely N-dealkylation sites (tertiary alicyclic amines) is 1. The summed E-state index contributed by atoms with van der Waals surface area (Å²) in [5, 5.41) is 20.8. The van der Waals surface area contributed by atoms with Crippen molar-refractivity contribution < 1.29 is 14.6 Å². The van der Waals surface area contributed by atoms with E-state index in [2.05, 4.69) is 20.6 Å². The molecule has 0 spiro atoms. The summed E-state index contributed by atoms with van der Waals surface area (Å²) in [7, 11) is 0. The predicted octanol–water partition coefficient (Wildman–Crippen LogP) is -0.154. The molecule has 0 saturated carbocycles. The lowest BCUT2D eigenvalue weighted by Crippen LogP contribution is -2.44. The number of carbonyl (C=O) groups excluding carboxylic acids is 1. The van der Waals surface area contributed by atoms with E-state index in [-0.39, 0.29) is 24.8 Å². The molecule has 150 valence electrons. The molecule has 3 rings (SSSR count). The van der Waals surface area contributed by atoms with Crippen molar-refractivity contribution >= 4 is 18.0 Å². The van der Waals surface area contributed by atoms with Gasteiger partial charge in [-0.15, -0.1) is 0 Å². The van der Waals surface area contributed by atoms with E-state index >= 15 is 0 Å². The van der Waals surface area contributed by atoms with Crippen LogP contribution in [0.4, 0.5) is 0 Å². The van der Waals surface area contributed by atoms with Crippen LogP contribution in [0.3, 0.4) is 0 Å². The van der Waals surface area contributed by atoms with Crippen molar-refractivity contribution in [2.45, 2.75) is 19.3 Å². The number of hydrazine groups is 1. The summed E-state index contributed by atoms with van der Waals surface area (Å²) >= 11 is 0. The van der Waals surface area contributed by atoms with Crippen molar-refractivity contribution in [1.29, 1.82) is 5.41 Å². The van der Waals surface area contributed by atoms with Gasteiger partial charge in [-0.3, -0.25) is 10.2 Å². The molecule has 0 aromatic heterocycles. The molecule has 10 nitrogen and oxygen atoms in total. The van der Waals surface area contributed by atoms with Crippen molar-refractivity contribution in [2.75, 3.05) is 26.3 Å². The molecule has 1 saturated heterocycles. The van der Waals surface area contributed by atoms with Gasteiger partial charge in [-0.2, -0.15) is 4.99 Å². The zero-order valence-electron chi connectivity index (χ0n) is 15.5. The lowest BCUT2D eigenvalue weighted by molar-refractivity contribution is -0.115. The van der Waals surface area contributed by atoms with Crippen LogP contribution in [0, 0.1) is 5.41 Å². The number of amidine groups is 1. The molecule has 1 fully saturated rings. The van der Waals surface area contributed by atoms with Crippen molar-refractivity contribution in [3.63, 3.8) is 0 Å². The summed E-state index contributed by atoms with van der Waals surface area (Å²) < 4.78 is 5.28. The van der Waals surface area contributed by atoms with Crippen LogP contribution in [-0.2, 0) is 9.53 Å². The summed E-state index contributed by atoms with van der Waals surface area (Å²) in [5.74, 6) is 1.22. The van der Waals surface area contributed by atoms with Gasteiger partial charge in [0.25, 0.3) is 5.91 Å². The number of fused-ring (bicyclic) bond motifs is 1. The molecule has 0 unspecified atom stereocenters. The fourth-order valence-corrected chi connectivity index (χ4v) is 2.98. The Morgan fingerprint density at radius 1 is 1.36 bits per heavy atom. The smallest absolute Gasteiger partial charge is 0.299 e. The van der Waals surface area contributed by atoms with E-state index < -0.39 is 5.91 Å². The highest BCUT2D eigenvalue weighted by atomic mass is 16.5. The Bertz CT molecular complexity index is 776.